The predicted molar refractivity (Wildman–Crippen MR) is 61.4 cm³/mol. The number of nitrogens with one attached hydrogen (secondary N) is 1. The van der Waals surface area contributed by atoms with Gasteiger partial charge < -0.3 is 10.1 Å². The van der Waals surface area contributed by atoms with Crippen LogP contribution in [0.25, 0.3) is 0 Å². The normalized spacial score (nSPS) is 12.7. The van der Waals surface area contributed by atoms with Gasteiger partial charge in [0.05, 0.1) is 10.6 Å². The molecule has 84 valence electrons. The largest absolute Gasteiger partial charge is 0.388 e. The number of H-pyrrole nitrogens is 1. The van der Waals surface area contributed by atoms with Crippen LogP contribution in [0.15, 0.2) is 35.1 Å². The number of imidazole rings is 1. The fourth-order valence-corrected chi connectivity index (χ4v) is 2.01. The van der Waals surface area contributed by atoms with Gasteiger partial charge in [0.1, 0.15) is 11.6 Å². The maximum atomic E-state index is 13.2. The number of halogens is 2. The van der Waals surface area contributed by atoms with Gasteiger partial charge in [0.15, 0.2) is 0 Å². The highest BCUT2D eigenvalue weighted by atomic mass is 79.9. The summed E-state index contributed by atoms with van der Waals surface area (Å²) in [6, 6.07) is 4.59. The SMILES string of the molecule is OC(Cc1ncc[nH]1)c1cccc(F)c1Br. The van der Waals surface area contributed by atoms with Crippen LogP contribution in [-0.2, 0) is 6.42 Å². The first-order valence-electron chi connectivity index (χ1n) is 4.78. The average molecular weight is 285 g/mol. The van der Waals surface area contributed by atoms with Gasteiger partial charge in [-0.3, -0.25) is 0 Å². The molecule has 2 aromatic rings. The van der Waals surface area contributed by atoms with Crippen molar-refractivity contribution >= 4 is 15.9 Å². The number of rotatable bonds is 3. The van der Waals surface area contributed by atoms with Crippen molar-refractivity contribution in [2.75, 3.05) is 0 Å². The Labute approximate surface area is 100 Å². The summed E-state index contributed by atoms with van der Waals surface area (Å²) in [5.41, 5.74) is 0.524. The molecule has 1 unspecified atom stereocenters. The van der Waals surface area contributed by atoms with Crippen molar-refractivity contribution in [1.29, 1.82) is 0 Å². The van der Waals surface area contributed by atoms with Crippen LogP contribution in [-0.4, -0.2) is 15.1 Å². The Bertz CT molecular complexity index is 473. The van der Waals surface area contributed by atoms with Crippen LogP contribution in [0, 0.1) is 5.82 Å². The van der Waals surface area contributed by atoms with Crippen LogP contribution in [0.5, 0.6) is 0 Å². The van der Waals surface area contributed by atoms with Crippen LogP contribution in [0.1, 0.15) is 17.5 Å². The van der Waals surface area contributed by atoms with E-state index in [1.807, 2.05) is 0 Å². The third-order valence-electron chi connectivity index (χ3n) is 2.28. The number of aliphatic hydroxyl groups is 1. The second-order valence-electron chi connectivity index (χ2n) is 3.40. The van der Waals surface area contributed by atoms with Crippen molar-refractivity contribution in [3.05, 3.63) is 52.3 Å². The fraction of sp³-hybridized carbons (Fsp3) is 0.182. The lowest BCUT2D eigenvalue weighted by Crippen LogP contribution is -2.04. The molecule has 1 heterocycles. The summed E-state index contributed by atoms with van der Waals surface area (Å²) in [6.07, 6.45) is 2.84. The number of hydrogen-bond acceptors (Lipinski definition) is 2. The highest BCUT2D eigenvalue weighted by molar-refractivity contribution is 9.10. The number of nitrogens with zero attached hydrogens (tertiary/aromatic N) is 1. The first-order chi connectivity index (χ1) is 7.68. The zero-order valence-corrected chi connectivity index (χ0v) is 9.91. The Morgan fingerprint density at radius 3 is 3.00 bits per heavy atom. The number of benzene rings is 1. The maximum absolute atomic E-state index is 13.2. The van der Waals surface area contributed by atoms with E-state index in [0.717, 1.165) is 0 Å². The monoisotopic (exact) mass is 284 g/mol. The number of aliphatic hydroxyl groups excluding tert-OH is 1. The molecule has 2 rings (SSSR count). The molecule has 0 saturated heterocycles. The van der Waals surface area contributed by atoms with E-state index in [9.17, 15) is 9.50 Å². The first kappa shape index (κ1) is 11.3. The molecule has 0 aliphatic rings. The molecule has 0 bridgehead atoms. The summed E-state index contributed by atoms with van der Waals surface area (Å²) in [5, 5.41) is 9.94. The molecule has 5 heteroatoms. The summed E-state index contributed by atoms with van der Waals surface area (Å²) >= 11 is 3.12. The van der Waals surface area contributed by atoms with Gasteiger partial charge in [-0.05, 0) is 27.6 Å². The molecular formula is C11H10BrFN2O. The van der Waals surface area contributed by atoms with Crippen molar-refractivity contribution in [2.45, 2.75) is 12.5 Å². The Kier molecular flexibility index (Phi) is 3.36. The summed E-state index contributed by atoms with van der Waals surface area (Å²) in [4.78, 5) is 6.90. The Balaban J connectivity index is 2.21. The zero-order valence-electron chi connectivity index (χ0n) is 8.32. The van der Waals surface area contributed by atoms with Crippen LogP contribution >= 0.6 is 15.9 Å². The molecular weight excluding hydrogens is 275 g/mol. The van der Waals surface area contributed by atoms with Gasteiger partial charge >= 0.3 is 0 Å². The van der Waals surface area contributed by atoms with Gasteiger partial charge in [0.2, 0.25) is 0 Å². The molecule has 0 aliphatic carbocycles. The standard InChI is InChI=1S/C11H10BrFN2O/c12-11-7(2-1-3-8(11)13)9(16)6-10-14-4-5-15-10/h1-5,9,16H,6H2,(H,14,15). The van der Waals surface area contributed by atoms with Crippen LogP contribution in [0.3, 0.4) is 0 Å². The van der Waals surface area contributed by atoms with Crippen molar-refractivity contribution in [3.8, 4) is 0 Å². The second-order valence-corrected chi connectivity index (χ2v) is 4.19. The van der Waals surface area contributed by atoms with Crippen LogP contribution < -0.4 is 0 Å². The molecule has 0 radical (unpaired) electrons. The maximum Gasteiger partial charge on any atom is 0.137 e. The van der Waals surface area contributed by atoms with Gasteiger partial charge in [-0.15, -0.1) is 0 Å². The molecule has 1 atom stereocenters. The zero-order chi connectivity index (χ0) is 11.5. The second kappa shape index (κ2) is 4.76. The predicted octanol–water partition coefficient (Wildman–Crippen LogP) is 2.59. The van der Waals surface area contributed by atoms with E-state index in [1.165, 1.54) is 6.07 Å². The van der Waals surface area contributed by atoms with E-state index in [-0.39, 0.29) is 5.82 Å². The molecule has 2 N–H and O–H groups in total. The third-order valence-corrected chi connectivity index (χ3v) is 3.12. The summed E-state index contributed by atoms with van der Waals surface area (Å²) < 4.78 is 13.5. The molecule has 0 aliphatic heterocycles. The quantitative estimate of drug-likeness (QED) is 0.910. The summed E-state index contributed by atoms with van der Waals surface area (Å²) in [5.74, 6) is 0.291. The van der Waals surface area contributed by atoms with Crippen molar-refractivity contribution < 1.29 is 9.50 Å². The number of hydrogen-bond donors (Lipinski definition) is 2. The molecule has 0 saturated carbocycles. The Morgan fingerprint density at radius 1 is 1.50 bits per heavy atom. The van der Waals surface area contributed by atoms with E-state index >= 15 is 0 Å². The minimum atomic E-state index is -0.781. The van der Waals surface area contributed by atoms with Gasteiger partial charge in [-0.1, -0.05) is 12.1 Å². The molecule has 0 spiro atoms. The number of aromatic nitrogens is 2. The van der Waals surface area contributed by atoms with Crippen molar-refractivity contribution in [2.24, 2.45) is 0 Å². The van der Waals surface area contributed by atoms with E-state index in [4.69, 9.17) is 0 Å². The van der Waals surface area contributed by atoms with E-state index in [2.05, 4.69) is 25.9 Å². The Hall–Kier alpha value is -1.20. The smallest absolute Gasteiger partial charge is 0.137 e. The molecule has 1 aromatic carbocycles. The lowest BCUT2D eigenvalue weighted by molar-refractivity contribution is 0.175. The minimum absolute atomic E-state index is 0.300. The Morgan fingerprint density at radius 2 is 2.31 bits per heavy atom. The van der Waals surface area contributed by atoms with Crippen molar-refractivity contribution in [1.82, 2.24) is 9.97 Å². The molecule has 1 aromatic heterocycles. The third kappa shape index (κ3) is 2.31. The molecule has 0 fully saturated rings. The van der Waals surface area contributed by atoms with Crippen molar-refractivity contribution in [3.63, 3.8) is 0 Å². The van der Waals surface area contributed by atoms with E-state index < -0.39 is 6.10 Å². The first-order valence-corrected chi connectivity index (χ1v) is 5.58. The highest BCUT2D eigenvalue weighted by Crippen LogP contribution is 2.27. The highest BCUT2D eigenvalue weighted by Gasteiger charge is 2.15. The van der Waals surface area contributed by atoms with Crippen LogP contribution in [0.2, 0.25) is 0 Å². The molecule has 3 nitrogen and oxygen atoms in total. The molecule has 0 amide bonds. The van der Waals surface area contributed by atoms with Gasteiger partial charge in [-0.2, -0.15) is 0 Å². The van der Waals surface area contributed by atoms with Gasteiger partial charge in [0, 0.05) is 18.8 Å². The lowest BCUT2D eigenvalue weighted by atomic mass is 10.1. The lowest BCUT2D eigenvalue weighted by Gasteiger charge is -2.11. The van der Waals surface area contributed by atoms with Gasteiger partial charge in [0.25, 0.3) is 0 Å². The molecule has 16 heavy (non-hydrogen) atoms. The minimum Gasteiger partial charge on any atom is -0.388 e. The number of aromatic amines is 1. The average Bonchev–Trinajstić information content (AvgIpc) is 2.74. The van der Waals surface area contributed by atoms with E-state index in [1.54, 1.807) is 24.5 Å². The van der Waals surface area contributed by atoms with E-state index in [0.29, 0.717) is 22.3 Å². The topological polar surface area (TPSA) is 48.9 Å². The van der Waals surface area contributed by atoms with Gasteiger partial charge in [-0.25, -0.2) is 9.37 Å². The summed E-state index contributed by atoms with van der Waals surface area (Å²) in [7, 11) is 0. The van der Waals surface area contributed by atoms with Crippen LogP contribution in [0.4, 0.5) is 4.39 Å². The fourth-order valence-electron chi connectivity index (χ4n) is 1.48. The summed E-state index contributed by atoms with van der Waals surface area (Å²) in [6.45, 7) is 0.